The lowest BCUT2D eigenvalue weighted by Crippen LogP contribution is -2.46. The number of fused-ring (bicyclic) bond motifs is 1. The van der Waals surface area contributed by atoms with E-state index in [2.05, 4.69) is 15.6 Å². The smallest absolute Gasteiger partial charge is 0.255 e. The molecule has 0 spiro atoms. The van der Waals surface area contributed by atoms with E-state index in [9.17, 15) is 14.7 Å². The number of nitrogens with one attached hydrogen (secondary N) is 2. The summed E-state index contributed by atoms with van der Waals surface area (Å²) >= 11 is 0. The Morgan fingerprint density at radius 2 is 1.97 bits per heavy atom. The zero-order chi connectivity index (χ0) is 27.5. The van der Waals surface area contributed by atoms with Gasteiger partial charge < -0.3 is 25.4 Å². The van der Waals surface area contributed by atoms with Crippen LogP contribution in [-0.4, -0.2) is 63.7 Å². The van der Waals surface area contributed by atoms with Crippen LogP contribution in [0.3, 0.4) is 0 Å². The molecule has 2 aliphatic rings. The zero-order valence-corrected chi connectivity index (χ0v) is 22.6. The fourth-order valence-electron chi connectivity index (χ4n) is 5.17. The normalized spacial score (nSPS) is 17.0. The van der Waals surface area contributed by atoms with Crippen molar-refractivity contribution in [3.63, 3.8) is 0 Å². The number of anilines is 1. The number of aliphatic hydroxyl groups excluding tert-OH is 1. The molecule has 2 atom stereocenters. The summed E-state index contributed by atoms with van der Waals surface area (Å²) in [7, 11) is 0. The van der Waals surface area contributed by atoms with Gasteiger partial charge in [-0.15, -0.1) is 0 Å². The van der Waals surface area contributed by atoms with Crippen molar-refractivity contribution in [2.45, 2.75) is 58.3 Å². The van der Waals surface area contributed by atoms with E-state index in [0.29, 0.717) is 18.1 Å². The molecule has 1 unspecified atom stereocenters. The quantitative estimate of drug-likeness (QED) is 0.409. The molecule has 1 saturated heterocycles. The molecule has 0 bridgehead atoms. The Kier molecular flexibility index (Phi) is 7.90. The molecule has 3 N–H and O–H groups in total. The standard InChI is InChI=1S/C30H35N5O4/c1-18-5-4-6-21(13-18)26(17-36)33-28(37)20(3)35-16-23-8-7-22(14-25(23)29(35)38)27-19(2)15-31-30(34-27)32-24-9-11-39-12-10-24/h4-8,13-15,20,24,26,36H,9-12,16-17H2,1-3H3,(H,33,37)(H,31,32,34)/t20?,26-/m1/s1. The van der Waals surface area contributed by atoms with Crippen molar-refractivity contribution in [1.82, 2.24) is 20.2 Å². The maximum absolute atomic E-state index is 13.5. The zero-order valence-electron chi connectivity index (χ0n) is 22.6. The van der Waals surface area contributed by atoms with E-state index in [-0.39, 0.29) is 24.5 Å². The summed E-state index contributed by atoms with van der Waals surface area (Å²) < 4.78 is 5.44. The highest BCUT2D eigenvalue weighted by atomic mass is 16.5. The molecule has 0 saturated carbocycles. The number of hydrogen-bond donors (Lipinski definition) is 3. The summed E-state index contributed by atoms with van der Waals surface area (Å²) in [6.07, 6.45) is 3.61. The molecular weight excluding hydrogens is 494 g/mol. The summed E-state index contributed by atoms with van der Waals surface area (Å²) in [5, 5.41) is 16.2. The minimum atomic E-state index is -0.705. The molecule has 3 heterocycles. The van der Waals surface area contributed by atoms with Crippen molar-refractivity contribution >= 4 is 17.8 Å². The van der Waals surface area contributed by atoms with Crippen LogP contribution < -0.4 is 10.6 Å². The second kappa shape index (κ2) is 11.5. The minimum Gasteiger partial charge on any atom is -0.394 e. The van der Waals surface area contributed by atoms with Crippen LogP contribution in [0.4, 0.5) is 5.95 Å². The van der Waals surface area contributed by atoms with Gasteiger partial charge >= 0.3 is 0 Å². The molecule has 9 nitrogen and oxygen atoms in total. The first-order valence-corrected chi connectivity index (χ1v) is 13.4. The fourth-order valence-corrected chi connectivity index (χ4v) is 5.17. The highest BCUT2D eigenvalue weighted by molar-refractivity contribution is 6.02. The van der Waals surface area contributed by atoms with Gasteiger partial charge in [0.2, 0.25) is 11.9 Å². The number of amides is 2. The summed E-state index contributed by atoms with van der Waals surface area (Å²) in [5.74, 6) is 0.0542. The predicted octanol–water partition coefficient (Wildman–Crippen LogP) is 3.55. The summed E-state index contributed by atoms with van der Waals surface area (Å²) in [6, 6.07) is 12.4. The molecule has 2 amide bonds. The molecule has 3 aromatic rings. The molecule has 5 rings (SSSR count). The van der Waals surface area contributed by atoms with Crippen LogP contribution in [0.25, 0.3) is 11.3 Å². The molecule has 2 aliphatic heterocycles. The molecular formula is C30H35N5O4. The van der Waals surface area contributed by atoms with Crippen LogP contribution in [-0.2, 0) is 16.1 Å². The summed E-state index contributed by atoms with van der Waals surface area (Å²) in [4.78, 5) is 37.4. The summed E-state index contributed by atoms with van der Waals surface area (Å²) in [6.45, 7) is 7.19. The van der Waals surface area contributed by atoms with E-state index < -0.39 is 12.1 Å². The highest BCUT2D eigenvalue weighted by Gasteiger charge is 2.35. The third-order valence-corrected chi connectivity index (χ3v) is 7.53. The van der Waals surface area contributed by atoms with Gasteiger partial charge in [-0.05, 0) is 56.4 Å². The van der Waals surface area contributed by atoms with Crippen molar-refractivity contribution in [3.8, 4) is 11.3 Å². The third kappa shape index (κ3) is 5.79. The number of aromatic nitrogens is 2. The highest BCUT2D eigenvalue weighted by Crippen LogP contribution is 2.31. The molecule has 1 fully saturated rings. The molecule has 39 heavy (non-hydrogen) atoms. The number of ether oxygens (including phenoxy) is 1. The largest absolute Gasteiger partial charge is 0.394 e. The van der Waals surface area contributed by atoms with Gasteiger partial charge in [-0.3, -0.25) is 9.59 Å². The number of carbonyl (C=O) groups excluding carboxylic acids is 2. The van der Waals surface area contributed by atoms with E-state index in [4.69, 9.17) is 9.72 Å². The Labute approximate surface area is 228 Å². The maximum Gasteiger partial charge on any atom is 0.255 e. The Balaban J connectivity index is 1.31. The van der Waals surface area contributed by atoms with Crippen LogP contribution in [0, 0.1) is 13.8 Å². The van der Waals surface area contributed by atoms with E-state index >= 15 is 0 Å². The summed E-state index contributed by atoms with van der Waals surface area (Å²) in [5.41, 5.74) is 5.81. The van der Waals surface area contributed by atoms with Crippen LogP contribution in [0.15, 0.2) is 48.7 Å². The van der Waals surface area contributed by atoms with Crippen molar-refractivity contribution in [2.24, 2.45) is 0 Å². The average molecular weight is 530 g/mol. The molecule has 0 radical (unpaired) electrons. The van der Waals surface area contributed by atoms with Crippen LogP contribution in [0.2, 0.25) is 0 Å². The number of nitrogens with zero attached hydrogens (tertiary/aromatic N) is 3. The number of hydrogen-bond acceptors (Lipinski definition) is 7. The van der Waals surface area contributed by atoms with E-state index in [0.717, 1.165) is 59.6 Å². The van der Waals surface area contributed by atoms with Gasteiger partial charge in [0.1, 0.15) is 6.04 Å². The van der Waals surface area contributed by atoms with Crippen LogP contribution in [0.1, 0.15) is 58.4 Å². The predicted molar refractivity (Wildman–Crippen MR) is 148 cm³/mol. The Morgan fingerprint density at radius 3 is 2.72 bits per heavy atom. The van der Waals surface area contributed by atoms with Gasteiger partial charge in [-0.25, -0.2) is 9.97 Å². The van der Waals surface area contributed by atoms with E-state index in [1.807, 2.05) is 56.3 Å². The maximum atomic E-state index is 13.5. The SMILES string of the molecule is Cc1cccc([C@@H](CO)NC(=O)C(C)N2Cc3ccc(-c4nc(NC5CCOCC5)ncc4C)cc3C2=O)c1. The van der Waals surface area contributed by atoms with Crippen molar-refractivity contribution in [3.05, 3.63) is 76.5 Å². The number of aryl methyl sites for hydroxylation is 2. The minimum absolute atomic E-state index is 0.196. The van der Waals surface area contributed by atoms with Crippen LogP contribution >= 0.6 is 0 Å². The lowest BCUT2D eigenvalue weighted by atomic mass is 10.0. The first-order chi connectivity index (χ1) is 18.8. The number of aliphatic hydroxyl groups is 1. The lowest BCUT2D eigenvalue weighted by molar-refractivity contribution is -0.126. The van der Waals surface area contributed by atoms with E-state index in [1.54, 1.807) is 18.0 Å². The monoisotopic (exact) mass is 529 g/mol. The number of carbonyl (C=O) groups is 2. The molecule has 2 aromatic carbocycles. The van der Waals surface area contributed by atoms with Crippen molar-refractivity contribution < 1.29 is 19.4 Å². The topological polar surface area (TPSA) is 117 Å². The molecule has 0 aliphatic carbocycles. The second-order valence-corrected chi connectivity index (χ2v) is 10.4. The van der Waals surface area contributed by atoms with Crippen molar-refractivity contribution in [1.29, 1.82) is 0 Å². The Morgan fingerprint density at radius 1 is 1.18 bits per heavy atom. The number of benzene rings is 2. The van der Waals surface area contributed by atoms with Gasteiger partial charge in [-0.2, -0.15) is 0 Å². The van der Waals surface area contributed by atoms with Gasteiger partial charge in [-0.1, -0.05) is 42.0 Å². The number of rotatable bonds is 8. The average Bonchev–Trinajstić information content (AvgIpc) is 3.28. The first kappa shape index (κ1) is 26.8. The first-order valence-electron chi connectivity index (χ1n) is 13.4. The molecule has 9 heteroatoms. The third-order valence-electron chi connectivity index (χ3n) is 7.53. The Bertz CT molecular complexity index is 1370. The van der Waals surface area contributed by atoms with Gasteiger partial charge in [0, 0.05) is 43.1 Å². The fraction of sp³-hybridized carbons (Fsp3) is 0.400. The van der Waals surface area contributed by atoms with Crippen LogP contribution in [0.5, 0.6) is 0 Å². The van der Waals surface area contributed by atoms with Gasteiger partial charge in [0.25, 0.3) is 5.91 Å². The van der Waals surface area contributed by atoms with E-state index in [1.165, 1.54) is 0 Å². The van der Waals surface area contributed by atoms with Gasteiger partial charge in [0.05, 0.1) is 18.3 Å². The van der Waals surface area contributed by atoms with Crippen molar-refractivity contribution in [2.75, 3.05) is 25.1 Å². The Hall–Kier alpha value is -3.82. The van der Waals surface area contributed by atoms with Gasteiger partial charge in [0.15, 0.2) is 0 Å². The lowest BCUT2D eigenvalue weighted by Gasteiger charge is -2.26. The second-order valence-electron chi connectivity index (χ2n) is 10.4. The molecule has 204 valence electrons. The molecule has 1 aromatic heterocycles.